The molecule has 0 saturated carbocycles. The van der Waals surface area contributed by atoms with Crippen molar-refractivity contribution >= 4 is 14.1 Å². The van der Waals surface area contributed by atoms with Crippen molar-refractivity contribution in [2.75, 3.05) is 6.61 Å². The number of carbonyl (C=O) groups is 1. The van der Waals surface area contributed by atoms with Crippen molar-refractivity contribution in [3.05, 3.63) is 54.1 Å². The van der Waals surface area contributed by atoms with Crippen LogP contribution < -0.4 is 0 Å². The van der Waals surface area contributed by atoms with Gasteiger partial charge in [0.15, 0.2) is 14.1 Å². The Kier molecular flexibility index (Phi) is 14.4. The van der Waals surface area contributed by atoms with Gasteiger partial charge in [-0.25, -0.2) is 4.39 Å². The molecular formula is C37H62FNO5Si. The van der Waals surface area contributed by atoms with Crippen LogP contribution in [0.5, 0.6) is 0 Å². The van der Waals surface area contributed by atoms with E-state index in [2.05, 4.69) is 58.4 Å². The van der Waals surface area contributed by atoms with Gasteiger partial charge < -0.3 is 19.0 Å². The summed E-state index contributed by atoms with van der Waals surface area (Å²) >= 11 is 0. The average Bonchev–Trinajstić information content (AvgIpc) is 2.94. The second-order valence-corrected chi connectivity index (χ2v) is 20.2. The number of hydrogen-bond acceptors (Lipinski definition) is 6. The third-order valence-electron chi connectivity index (χ3n) is 10.1. The highest BCUT2D eigenvalue weighted by Crippen LogP contribution is 2.41. The zero-order valence-electron chi connectivity index (χ0n) is 30.0. The molecule has 0 aromatic carbocycles. The maximum atomic E-state index is 14.4. The lowest BCUT2D eigenvalue weighted by Gasteiger charge is -2.46. The number of rotatable bonds is 17. The monoisotopic (exact) mass is 647 g/mol. The van der Waals surface area contributed by atoms with E-state index in [0.29, 0.717) is 32.3 Å². The molecule has 2 unspecified atom stereocenters. The lowest BCUT2D eigenvalue weighted by atomic mass is 9.67. The van der Waals surface area contributed by atoms with Gasteiger partial charge in [-0.2, -0.15) is 0 Å². The zero-order valence-corrected chi connectivity index (χ0v) is 31.0. The molecule has 0 aliphatic carbocycles. The van der Waals surface area contributed by atoms with Crippen LogP contribution in [0.15, 0.2) is 48.5 Å². The summed E-state index contributed by atoms with van der Waals surface area (Å²) in [5.74, 6) is -1.79. The predicted octanol–water partition coefficient (Wildman–Crippen LogP) is 9.14. The molecule has 2 heterocycles. The predicted molar refractivity (Wildman–Crippen MR) is 184 cm³/mol. The summed E-state index contributed by atoms with van der Waals surface area (Å²) in [4.78, 5) is 19.0. The second kappa shape index (κ2) is 16.4. The van der Waals surface area contributed by atoms with E-state index in [1.807, 2.05) is 52.8 Å². The van der Waals surface area contributed by atoms with E-state index in [-0.39, 0.29) is 22.8 Å². The van der Waals surface area contributed by atoms with E-state index in [4.69, 9.17) is 13.9 Å². The van der Waals surface area contributed by atoms with Crippen molar-refractivity contribution in [3.63, 3.8) is 0 Å². The number of carbonyl (C=O) groups excluding carboxylic acids is 1. The van der Waals surface area contributed by atoms with Gasteiger partial charge in [0.05, 0.1) is 30.3 Å². The van der Waals surface area contributed by atoms with Crippen LogP contribution in [0.4, 0.5) is 4.39 Å². The SMILES string of the molecule is C=C(F)[C@H](CC=C(C)CCC[C@H](C)[C@@H](O)C(CC)C(=O)C(C)(Cc1ccccn1)[C@@H]1CCOC(C)(C)O1)O[Si](C)(C)C(C)(C)C. The third-order valence-corrected chi connectivity index (χ3v) is 14.6. The van der Waals surface area contributed by atoms with Gasteiger partial charge in [0.1, 0.15) is 11.6 Å². The third kappa shape index (κ3) is 11.2. The molecule has 256 valence electrons. The maximum Gasteiger partial charge on any atom is 0.193 e. The largest absolute Gasteiger partial charge is 0.407 e. The summed E-state index contributed by atoms with van der Waals surface area (Å²) in [6.45, 7) is 26.5. The molecular weight excluding hydrogens is 585 g/mol. The summed E-state index contributed by atoms with van der Waals surface area (Å²) in [6.07, 6.45) is 6.52. The Labute approximate surface area is 274 Å². The van der Waals surface area contributed by atoms with E-state index >= 15 is 0 Å². The van der Waals surface area contributed by atoms with Gasteiger partial charge in [-0.3, -0.25) is 9.78 Å². The van der Waals surface area contributed by atoms with Crippen LogP contribution in [0.2, 0.25) is 18.1 Å². The van der Waals surface area contributed by atoms with Crippen molar-refractivity contribution in [1.82, 2.24) is 4.98 Å². The molecule has 8 heteroatoms. The van der Waals surface area contributed by atoms with Gasteiger partial charge in [0.25, 0.3) is 0 Å². The van der Waals surface area contributed by atoms with Gasteiger partial charge in [-0.05, 0) is 102 Å². The molecule has 45 heavy (non-hydrogen) atoms. The van der Waals surface area contributed by atoms with Crippen molar-refractivity contribution in [2.45, 2.75) is 149 Å². The molecule has 0 spiro atoms. The molecule has 6 atom stereocenters. The molecule has 1 saturated heterocycles. The van der Waals surface area contributed by atoms with Crippen LogP contribution in [0.3, 0.4) is 0 Å². The minimum Gasteiger partial charge on any atom is -0.407 e. The number of ether oxygens (including phenoxy) is 2. The van der Waals surface area contributed by atoms with Crippen LogP contribution in [0.1, 0.15) is 107 Å². The Hall–Kier alpha value is -1.71. The number of aromatic nitrogens is 1. The van der Waals surface area contributed by atoms with Crippen LogP contribution in [0, 0.1) is 17.3 Å². The van der Waals surface area contributed by atoms with Crippen molar-refractivity contribution in [2.24, 2.45) is 17.3 Å². The fourth-order valence-electron chi connectivity index (χ4n) is 5.99. The molecule has 1 aliphatic heterocycles. The first kappa shape index (κ1) is 39.5. The van der Waals surface area contributed by atoms with E-state index in [1.54, 1.807) is 6.20 Å². The minimum absolute atomic E-state index is 0.0154. The quantitative estimate of drug-likeness (QED) is 0.134. The molecule has 1 aromatic heterocycles. The van der Waals surface area contributed by atoms with E-state index < -0.39 is 43.5 Å². The number of halogens is 1. The van der Waals surface area contributed by atoms with E-state index in [9.17, 15) is 14.3 Å². The van der Waals surface area contributed by atoms with Crippen molar-refractivity contribution in [3.8, 4) is 0 Å². The Morgan fingerprint density at radius 2 is 1.96 bits per heavy atom. The zero-order chi connectivity index (χ0) is 34.2. The summed E-state index contributed by atoms with van der Waals surface area (Å²) in [6, 6.07) is 5.74. The molecule has 0 bridgehead atoms. The number of nitrogens with zero attached hydrogens (tertiary/aromatic N) is 1. The van der Waals surface area contributed by atoms with Crippen LogP contribution in [-0.4, -0.2) is 54.9 Å². The summed E-state index contributed by atoms with van der Waals surface area (Å²) < 4.78 is 32.8. The normalized spacial score (nSPS) is 21.8. The van der Waals surface area contributed by atoms with Gasteiger partial charge >= 0.3 is 0 Å². The smallest absolute Gasteiger partial charge is 0.193 e. The lowest BCUT2D eigenvalue weighted by Crippen LogP contribution is -2.54. The highest BCUT2D eigenvalue weighted by molar-refractivity contribution is 6.74. The molecule has 6 nitrogen and oxygen atoms in total. The molecule has 1 aromatic rings. The highest BCUT2D eigenvalue weighted by atomic mass is 28.4. The number of allylic oxidation sites excluding steroid dienone is 1. The number of hydrogen-bond donors (Lipinski definition) is 1. The fourth-order valence-corrected chi connectivity index (χ4v) is 7.28. The molecule has 1 aliphatic rings. The molecule has 1 N–H and O–H groups in total. The Morgan fingerprint density at radius 3 is 2.49 bits per heavy atom. The Balaban J connectivity index is 2.09. The maximum absolute atomic E-state index is 14.4. The number of Topliss-reactive ketones (excluding diaryl/α,β-unsaturated/α-hetero) is 1. The van der Waals surface area contributed by atoms with Crippen LogP contribution in [-0.2, 0) is 25.1 Å². The molecule has 2 rings (SSSR count). The first-order chi connectivity index (χ1) is 20.7. The van der Waals surface area contributed by atoms with E-state index in [1.165, 1.54) is 0 Å². The second-order valence-electron chi connectivity index (χ2n) is 15.4. The van der Waals surface area contributed by atoms with Gasteiger partial charge in [-0.15, -0.1) is 0 Å². The summed E-state index contributed by atoms with van der Waals surface area (Å²) in [7, 11) is -2.14. The van der Waals surface area contributed by atoms with Crippen LogP contribution in [0.25, 0.3) is 0 Å². The highest BCUT2D eigenvalue weighted by Gasteiger charge is 2.50. The summed E-state index contributed by atoms with van der Waals surface area (Å²) in [5, 5.41) is 11.6. The molecule has 0 radical (unpaired) electrons. The first-order valence-electron chi connectivity index (χ1n) is 16.9. The first-order valence-corrected chi connectivity index (χ1v) is 19.8. The average molecular weight is 648 g/mol. The Bertz CT molecular complexity index is 1130. The standard InChI is InChI=1S/C37H62FNO5Si/c1-13-30(34(41)37(10,25-29-19-14-15-23-39-29)32-22-24-42-36(8,9)43-32)33(40)27(3)18-16-17-26(2)20-21-31(28(4)38)44-45(11,12)35(5,6)7/h14-15,19-20,23,27,30-33,40H,4,13,16-18,21-22,24-25H2,1-3,5-12H3/t27-,30?,31-,32-,33+,37?/m0/s1. The molecule has 0 amide bonds. The minimum atomic E-state index is -2.14. The fraction of sp³-hybridized carbons (Fsp3) is 0.730. The number of ketones is 1. The van der Waals surface area contributed by atoms with Gasteiger partial charge in [0.2, 0.25) is 0 Å². The number of pyridine rings is 1. The van der Waals surface area contributed by atoms with Crippen molar-refractivity contribution in [1.29, 1.82) is 0 Å². The number of aliphatic hydroxyl groups is 1. The summed E-state index contributed by atoms with van der Waals surface area (Å²) in [5.41, 5.74) is 1.11. The van der Waals surface area contributed by atoms with Crippen molar-refractivity contribution < 1.29 is 28.2 Å². The van der Waals surface area contributed by atoms with E-state index in [0.717, 1.165) is 30.5 Å². The van der Waals surface area contributed by atoms with Crippen LogP contribution >= 0.6 is 0 Å². The number of aliphatic hydroxyl groups excluding tert-OH is 1. The molecule has 1 fully saturated rings. The topological polar surface area (TPSA) is 77.9 Å². The Morgan fingerprint density at radius 1 is 1.29 bits per heavy atom. The van der Waals surface area contributed by atoms with Gasteiger partial charge in [-0.1, -0.05) is 58.9 Å². The lowest BCUT2D eigenvalue weighted by molar-refractivity contribution is -0.290. The van der Waals surface area contributed by atoms with Gasteiger partial charge in [0, 0.05) is 24.2 Å².